The zero-order valence-electron chi connectivity index (χ0n) is 16.6. The Morgan fingerprint density at radius 3 is 2.42 bits per heavy atom. The van der Waals surface area contributed by atoms with Crippen LogP contribution in [0, 0.1) is 28.6 Å². The summed E-state index contributed by atoms with van der Waals surface area (Å²) in [5.41, 5.74) is 2.96. The van der Waals surface area contributed by atoms with Crippen LogP contribution in [0.4, 0.5) is 0 Å². The molecule has 0 amide bonds. The number of ether oxygens (including phenoxy) is 1. The number of esters is 1. The van der Waals surface area contributed by atoms with Crippen LogP contribution in [0.2, 0.25) is 0 Å². The van der Waals surface area contributed by atoms with E-state index in [0.717, 1.165) is 44.1 Å². The van der Waals surface area contributed by atoms with Crippen molar-refractivity contribution in [3.05, 3.63) is 23.3 Å². The molecule has 0 N–H and O–H groups in total. The average molecular weight is 357 g/mol. The molecule has 4 aliphatic rings. The number of rotatable bonds is 2. The zero-order chi connectivity index (χ0) is 18.7. The van der Waals surface area contributed by atoms with Crippen molar-refractivity contribution in [1.82, 2.24) is 0 Å². The number of Topliss-reactive ketones (excluding diaryl/α,β-unsaturated/α-hetero) is 1. The lowest BCUT2D eigenvalue weighted by molar-refractivity contribution is -0.148. The molecule has 0 aromatic rings. The second-order valence-electron chi connectivity index (χ2n) is 9.60. The third kappa shape index (κ3) is 2.53. The third-order valence-electron chi connectivity index (χ3n) is 8.35. The second-order valence-corrected chi connectivity index (χ2v) is 9.60. The van der Waals surface area contributed by atoms with E-state index in [0.29, 0.717) is 17.8 Å². The summed E-state index contributed by atoms with van der Waals surface area (Å²) in [7, 11) is 0. The first-order chi connectivity index (χ1) is 12.3. The predicted octanol–water partition coefficient (Wildman–Crippen LogP) is 5.01. The van der Waals surface area contributed by atoms with Gasteiger partial charge in [0, 0.05) is 13.3 Å². The third-order valence-corrected chi connectivity index (χ3v) is 8.35. The minimum atomic E-state index is -0.157. The van der Waals surface area contributed by atoms with E-state index in [4.69, 9.17) is 4.74 Å². The van der Waals surface area contributed by atoms with E-state index >= 15 is 0 Å². The molecule has 2 fully saturated rings. The summed E-state index contributed by atoms with van der Waals surface area (Å²) >= 11 is 0. The molecule has 0 bridgehead atoms. The van der Waals surface area contributed by atoms with Gasteiger partial charge < -0.3 is 4.74 Å². The van der Waals surface area contributed by atoms with E-state index in [2.05, 4.69) is 26.0 Å². The highest BCUT2D eigenvalue weighted by atomic mass is 16.5. The monoisotopic (exact) mass is 356 g/mol. The Kier molecular flexibility index (Phi) is 4.20. The molecule has 0 aliphatic heterocycles. The Bertz CT molecular complexity index is 702. The maximum Gasteiger partial charge on any atom is 0.302 e. The average Bonchev–Trinajstić information content (AvgIpc) is 2.92. The van der Waals surface area contributed by atoms with Crippen LogP contribution >= 0.6 is 0 Å². The van der Waals surface area contributed by atoms with Crippen LogP contribution < -0.4 is 0 Å². The van der Waals surface area contributed by atoms with Crippen molar-refractivity contribution < 1.29 is 14.3 Å². The van der Waals surface area contributed by atoms with Crippen molar-refractivity contribution in [3.8, 4) is 0 Å². The lowest BCUT2D eigenvalue weighted by Gasteiger charge is -2.57. The Morgan fingerprint density at radius 2 is 1.73 bits per heavy atom. The quantitative estimate of drug-likeness (QED) is 0.516. The first kappa shape index (κ1) is 18.0. The van der Waals surface area contributed by atoms with Gasteiger partial charge in [-0.15, -0.1) is 0 Å². The van der Waals surface area contributed by atoms with Gasteiger partial charge in [-0.05, 0) is 79.6 Å². The molecule has 5 unspecified atom stereocenters. The normalized spacial score (nSPS) is 44.2. The maximum absolute atomic E-state index is 12.2. The van der Waals surface area contributed by atoms with Crippen LogP contribution in [0.5, 0.6) is 0 Å². The van der Waals surface area contributed by atoms with Crippen molar-refractivity contribution in [2.75, 3.05) is 0 Å². The van der Waals surface area contributed by atoms with E-state index in [9.17, 15) is 9.59 Å². The summed E-state index contributed by atoms with van der Waals surface area (Å²) in [5, 5.41) is 0. The van der Waals surface area contributed by atoms with Crippen LogP contribution in [0.25, 0.3) is 0 Å². The highest BCUT2D eigenvalue weighted by Gasteiger charge is 2.57. The number of ketones is 1. The van der Waals surface area contributed by atoms with Gasteiger partial charge in [0.25, 0.3) is 0 Å². The molecule has 0 radical (unpaired) electrons. The van der Waals surface area contributed by atoms with Gasteiger partial charge in [0.05, 0.1) is 0 Å². The first-order valence-corrected chi connectivity index (χ1v) is 10.3. The van der Waals surface area contributed by atoms with Gasteiger partial charge in [0.2, 0.25) is 0 Å². The molecule has 0 aromatic heterocycles. The van der Waals surface area contributed by atoms with Gasteiger partial charge >= 0.3 is 5.97 Å². The highest BCUT2D eigenvalue weighted by molar-refractivity contribution is 5.95. The largest absolute Gasteiger partial charge is 0.462 e. The molecule has 2 saturated carbocycles. The molecular formula is C23H32O3. The van der Waals surface area contributed by atoms with E-state index in [-0.39, 0.29) is 28.7 Å². The molecule has 0 aromatic carbocycles. The summed E-state index contributed by atoms with van der Waals surface area (Å²) in [5.74, 6) is 2.11. The number of hydrogen-bond acceptors (Lipinski definition) is 3. The van der Waals surface area contributed by atoms with E-state index < -0.39 is 0 Å². The smallest absolute Gasteiger partial charge is 0.302 e. The van der Waals surface area contributed by atoms with Gasteiger partial charge in [0.15, 0.2) is 5.78 Å². The van der Waals surface area contributed by atoms with Gasteiger partial charge in [-0.25, -0.2) is 0 Å². The minimum absolute atomic E-state index is 0.0645. The summed E-state index contributed by atoms with van der Waals surface area (Å²) in [4.78, 5) is 23.5. The Balaban J connectivity index is 1.59. The van der Waals surface area contributed by atoms with Crippen molar-refractivity contribution in [2.24, 2.45) is 28.6 Å². The first-order valence-electron chi connectivity index (χ1n) is 10.3. The standard InChI is InChI=1S/C23H32O3/c1-14(24)19-7-8-20-18-6-5-16-13-17(26-15(2)25)9-11-22(16,3)21(18)10-12-23(19,20)4/h5,7,17-18,20-21H,6,8-13H2,1-4H3/t17?,18?,20?,21?,22?,23-/m1/s1. The molecule has 4 aliphatic carbocycles. The minimum Gasteiger partial charge on any atom is -0.462 e. The fourth-order valence-electron chi connectivity index (χ4n) is 7.08. The molecular weight excluding hydrogens is 324 g/mol. The molecule has 4 rings (SSSR count). The molecule has 0 heterocycles. The predicted molar refractivity (Wildman–Crippen MR) is 101 cm³/mol. The highest BCUT2D eigenvalue weighted by Crippen LogP contribution is 2.65. The number of carbonyl (C=O) groups is 2. The van der Waals surface area contributed by atoms with Crippen LogP contribution in [-0.2, 0) is 14.3 Å². The summed E-state index contributed by atoms with van der Waals surface area (Å²) in [6, 6.07) is 0. The van der Waals surface area contributed by atoms with E-state index in [1.54, 1.807) is 6.92 Å². The SMILES string of the molecule is CC(=O)OC1CCC2(C)C(=CCC3C2CC[C@]2(C)C(C(C)=O)=CCC32)C1. The van der Waals surface area contributed by atoms with Crippen LogP contribution in [0.15, 0.2) is 23.3 Å². The molecule has 3 heteroatoms. The van der Waals surface area contributed by atoms with E-state index in [1.807, 2.05) is 0 Å². The van der Waals surface area contributed by atoms with Crippen LogP contribution in [0.3, 0.4) is 0 Å². The van der Waals surface area contributed by atoms with Gasteiger partial charge in [-0.1, -0.05) is 31.6 Å². The molecule has 26 heavy (non-hydrogen) atoms. The Morgan fingerprint density at radius 1 is 1.00 bits per heavy atom. The summed E-state index contributed by atoms with van der Waals surface area (Å²) in [6.45, 7) is 8.05. The summed E-state index contributed by atoms with van der Waals surface area (Å²) < 4.78 is 5.52. The number of hydrogen-bond donors (Lipinski definition) is 0. The maximum atomic E-state index is 12.2. The number of carbonyl (C=O) groups excluding carboxylic acids is 2. The number of fused-ring (bicyclic) bond motifs is 5. The molecule has 0 spiro atoms. The van der Waals surface area contributed by atoms with Crippen molar-refractivity contribution in [2.45, 2.75) is 78.7 Å². The fraction of sp³-hybridized carbons (Fsp3) is 0.739. The van der Waals surface area contributed by atoms with Crippen molar-refractivity contribution in [3.63, 3.8) is 0 Å². The molecule has 142 valence electrons. The summed E-state index contributed by atoms with van der Waals surface area (Å²) in [6.07, 6.45) is 12.3. The van der Waals surface area contributed by atoms with Crippen molar-refractivity contribution >= 4 is 11.8 Å². The Labute approximate surface area is 157 Å². The van der Waals surface area contributed by atoms with Crippen LogP contribution in [-0.4, -0.2) is 17.9 Å². The van der Waals surface area contributed by atoms with Crippen LogP contribution in [0.1, 0.15) is 72.6 Å². The molecule has 3 nitrogen and oxygen atoms in total. The number of allylic oxidation sites excluding steroid dienone is 3. The fourth-order valence-corrected chi connectivity index (χ4v) is 7.08. The lowest BCUT2D eigenvalue weighted by Crippen LogP contribution is -2.50. The van der Waals surface area contributed by atoms with Gasteiger partial charge in [-0.2, -0.15) is 0 Å². The lowest BCUT2D eigenvalue weighted by atomic mass is 9.47. The van der Waals surface area contributed by atoms with E-state index in [1.165, 1.54) is 18.9 Å². The zero-order valence-corrected chi connectivity index (χ0v) is 16.6. The van der Waals surface area contributed by atoms with Gasteiger partial charge in [-0.3, -0.25) is 9.59 Å². The Hall–Kier alpha value is -1.38. The van der Waals surface area contributed by atoms with Gasteiger partial charge in [0.1, 0.15) is 6.10 Å². The molecule has 6 atom stereocenters. The second kappa shape index (κ2) is 6.07. The topological polar surface area (TPSA) is 43.4 Å². The van der Waals surface area contributed by atoms with Crippen molar-refractivity contribution in [1.29, 1.82) is 0 Å². The molecule has 0 saturated heterocycles.